The van der Waals surface area contributed by atoms with Crippen molar-refractivity contribution in [1.29, 1.82) is 0 Å². The monoisotopic (exact) mass is 385 g/mol. The molecule has 28 heavy (non-hydrogen) atoms. The number of fused-ring (bicyclic) bond motifs is 1. The lowest BCUT2D eigenvalue weighted by Crippen LogP contribution is -2.58. The zero-order valence-corrected chi connectivity index (χ0v) is 15.6. The van der Waals surface area contributed by atoms with Gasteiger partial charge in [-0.25, -0.2) is 0 Å². The average Bonchev–Trinajstić information content (AvgIpc) is 3.33. The summed E-state index contributed by atoms with van der Waals surface area (Å²) >= 11 is 0. The molecule has 2 fully saturated rings. The fourth-order valence-corrected chi connectivity index (χ4v) is 3.91. The number of amides is 2. The molecular weight excluding hydrogens is 362 g/mol. The van der Waals surface area contributed by atoms with Gasteiger partial charge in [0.25, 0.3) is 0 Å². The second-order valence-electron chi connectivity index (χ2n) is 7.12. The fourth-order valence-electron chi connectivity index (χ4n) is 3.91. The Morgan fingerprint density at radius 2 is 2.18 bits per heavy atom. The summed E-state index contributed by atoms with van der Waals surface area (Å²) in [5.74, 6) is 0.840. The number of carbonyl (C=O) groups is 2. The number of rotatable bonds is 6. The number of ether oxygens (including phenoxy) is 1. The van der Waals surface area contributed by atoms with E-state index in [1.165, 1.54) is 7.11 Å². The largest absolute Gasteiger partial charge is 0.421 e. The van der Waals surface area contributed by atoms with E-state index in [4.69, 9.17) is 9.15 Å². The van der Waals surface area contributed by atoms with Gasteiger partial charge in [0, 0.05) is 44.3 Å². The Kier molecular flexibility index (Phi) is 5.36. The lowest BCUT2D eigenvalue weighted by Gasteiger charge is -2.36. The van der Waals surface area contributed by atoms with E-state index in [1.54, 1.807) is 0 Å². The maximum Gasteiger partial charge on any atom is 0.247 e. The van der Waals surface area contributed by atoms with Crippen LogP contribution < -0.4 is 10.6 Å². The van der Waals surface area contributed by atoms with E-state index in [1.807, 2.05) is 30.3 Å². The van der Waals surface area contributed by atoms with Gasteiger partial charge in [-0.3, -0.25) is 14.5 Å². The average molecular weight is 385 g/mol. The van der Waals surface area contributed by atoms with Gasteiger partial charge < -0.3 is 19.8 Å². The Morgan fingerprint density at radius 3 is 2.96 bits per heavy atom. The van der Waals surface area contributed by atoms with E-state index in [0.29, 0.717) is 37.7 Å². The molecule has 2 aliphatic heterocycles. The van der Waals surface area contributed by atoms with E-state index < -0.39 is 0 Å². The van der Waals surface area contributed by atoms with Crippen molar-refractivity contribution >= 4 is 11.8 Å². The third-order valence-corrected chi connectivity index (χ3v) is 5.16. The number of aromatic nitrogens is 2. The molecule has 0 unspecified atom stereocenters. The highest BCUT2D eigenvalue weighted by Crippen LogP contribution is 2.26. The molecule has 0 aliphatic carbocycles. The molecule has 0 radical (unpaired) electrons. The summed E-state index contributed by atoms with van der Waals surface area (Å²) in [5.41, 5.74) is 0.873. The Balaban J connectivity index is 1.43. The maximum absolute atomic E-state index is 12.3. The molecule has 1 aromatic heterocycles. The van der Waals surface area contributed by atoms with Crippen LogP contribution in [-0.4, -0.2) is 71.8 Å². The van der Waals surface area contributed by atoms with Crippen LogP contribution in [0.1, 0.15) is 12.3 Å². The minimum atomic E-state index is -0.261. The highest BCUT2D eigenvalue weighted by molar-refractivity contribution is 5.83. The molecule has 0 saturated carbocycles. The molecule has 148 valence electrons. The van der Waals surface area contributed by atoms with E-state index in [9.17, 15) is 9.59 Å². The number of nitrogens with one attached hydrogen (secondary N) is 2. The smallest absolute Gasteiger partial charge is 0.247 e. The molecule has 9 heteroatoms. The van der Waals surface area contributed by atoms with Gasteiger partial charge in [0.15, 0.2) is 0 Å². The summed E-state index contributed by atoms with van der Waals surface area (Å²) in [6, 6.07) is 9.30. The summed E-state index contributed by atoms with van der Waals surface area (Å²) in [6.07, 6.45) is 1.12. The predicted molar refractivity (Wildman–Crippen MR) is 99.2 cm³/mol. The number of nitrogens with zero attached hydrogens (tertiary/aromatic N) is 3. The van der Waals surface area contributed by atoms with Gasteiger partial charge in [0.2, 0.25) is 23.6 Å². The van der Waals surface area contributed by atoms with E-state index in [0.717, 1.165) is 5.56 Å². The van der Waals surface area contributed by atoms with Gasteiger partial charge in [-0.1, -0.05) is 18.2 Å². The van der Waals surface area contributed by atoms with Crippen LogP contribution in [0.3, 0.4) is 0 Å². The van der Waals surface area contributed by atoms with Crippen molar-refractivity contribution in [2.24, 2.45) is 0 Å². The predicted octanol–water partition coefficient (Wildman–Crippen LogP) is -0.0170. The summed E-state index contributed by atoms with van der Waals surface area (Å²) in [6.45, 7) is 1.13. The summed E-state index contributed by atoms with van der Waals surface area (Å²) < 4.78 is 10.7. The zero-order chi connectivity index (χ0) is 19.5. The SMILES string of the molecule is COCC(=O)N[C@H]1C[C@H]2C(=O)NC[C@@H](Cc3nnc(-c4ccccc4)o3)N2C1. The Hall–Kier alpha value is -2.78. The lowest BCUT2D eigenvalue weighted by molar-refractivity contribution is -0.129. The van der Waals surface area contributed by atoms with Crippen LogP contribution in [0.2, 0.25) is 0 Å². The van der Waals surface area contributed by atoms with Crippen molar-refractivity contribution < 1.29 is 18.7 Å². The van der Waals surface area contributed by atoms with Gasteiger partial charge >= 0.3 is 0 Å². The standard InChI is InChI=1S/C19H23N5O4/c1-27-11-16(25)21-13-7-15-18(26)20-9-14(24(15)10-13)8-17-22-23-19(28-17)12-5-3-2-4-6-12/h2-6,13-15H,7-11H2,1H3,(H,20,26)(H,21,25)/t13-,14+,15-/m0/s1. The molecule has 3 atom stereocenters. The number of hydrogen-bond donors (Lipinski definition) is 2. The third-order valence-electron chi connectivity index (χ3n) is 5.16. The van der Waals surface area contributed by atoms with Crippen molar-refractivity contribution in [2.45, 2.75) is 31.0 Å². The highest BCUT2D eigenvalue weighted by Gasteiger charge is 2.44. The first-order chi connectivity index (χ1) is 13.6. The number of benzene rings is 1. The lowest BCUT2D eigenvalue weighted by atomic mass is 10.1. The van der Waals surface area contributed by atoms with Crippen molar-refractivity contribution in [3.63, 3.8) is 0 Å². The maximum atomic E-state index is 12.3. The Bertz CT molecular complexity index is 840. The Labute approximate surface area is 162 Å². The summed E-state index contributed by atoms with van der Waals surface area (Å²) in [4.78, 5) is 26.2. The van der Waals surface area contributed by atoms with E-state index in [-0.39, 0.29) is 36.5 Å². The van der Waals surface area contributed by atoms with Gasteiger partial charge in [0.1, 0.15) is 6.61 Å². The van der Waals surface area contributed by atoms with Crippen LogP contribution in [0.15, 0.2) is 34.7 Å². The normalized spacial score (nSPS) is 24.6. The second-order valence-corrected chi connectivity index (χ2v) is 7.12. The first-order valence-corrected chi connectivity index (χ1v) is 9.33. The topological polar surface area (TPSA) is 110 Å². The van der Waals surface area contributed by atoms with Crippen LogP contribution in [0.4, 0.5) is 0 Å². The molecule has 2 N–H and O–H groups in total. The molecule has 9 nitrogen and oxygen atoms in total. The molecule has 0 spiro atoms. The molecular formula is C19H23N5O4. The van der Waals surface area contributed by atoms with Crippen LogP contribution in [0.25, 0.3) is 11.5 Å². The Morgan fingerprint density at radius 1 is 1.36 bits per heavy atom. The molecule has 3 heterocycles. The number of methoxy groups -OCH3 is 1. The number of hydrogen-bond acceptors (Lipinski definition) is 7. The van der Waals surface area contributed by atoms with Crippen molar-refractivity contribution in [1.82, 2.24) is 25.7 Å². The fraction of sp³-hybridized carbons (Fsp3) is 0.474. The van der Waals surface area contributed by atoms with Crippen molar-refractivity contribution in [3.05, 3.63) is 36.2 Å². The second kappa shape index (κ2) is 8.07. The van der Waals surface area contributed by atoms with Crippen LogP contribution in [0.5, 0.6) is 0 Å². The van der Waals surface area contributed by atoms with E-state index in [2.05, 4.69) is 25.7 Å². The third kappa shape index (κ3) is 3.90. The van der Waals surface area contributed by atoms with Crippen LogP contribution in [0, 0.1) is 0 Å². The molecule has 4 rings (SSSR count). The quantitative estimate of drug-likeness (QED) is 0.719. The van der Waals surface area contributed by atoms with Crippen LogP contribution in [-0.2, 0) is 20.7 Å². The highest BCUT2D eigenvalue weighted by atomic mass is 16.5. The first-order valence-electron chi connectivity index (χ1n) is 9.33. The van der Waals surface area contributed by atoms with Gasteiger partial charge in [-0.2, -0.15) is 0 Å². The molecule has 0 bridgehead atoms. The minimum Gasteiger partial charge on any atom is -0.421 e. The van der Waals surface area contributed by atoms with Gasteiger partial charge in [-0.05, 0) is 18.6 Å². The van der Waals surface area contributed by atoms with E-state index >= 15 is 0 Å². The van der Waals surface area contributed by atoms with Crippen molar-refractivity contribution in [2.75, 3.05) is 26.8 Å². The summed E-state index contributed by atoms with van der Waals surface area (Å²) in [5, 5.41) is 14.2. The van der Waals surface area contributed by atoms with Gasteiger partial charge in [-0.15, -0.1) is 10.2 Å². The van der Waals surface area contributed by atoms with Gasteiger partial charge in [0.05, 0.1) is 6.04 Å². The minimum absolute atomic E-state index is 0.00440. The van der Waals surface area contributed by atoms with Crippen molar-refractivity contribution in [3.8, 4) is 11.5 Å². The summed E-state index contributed by atoms with van der Waals surface area (Å²) in [7, 11) is 1.48. The molecule has 2 amide bonds. The van der Waals surface area contributed by atoms with Crippen LogP contribution >= 0.6 is 0 Å². The number of carbonyl (C=O) groups excluding carboxylic acids is 2. The molecule has 2 aliphatic rings. The first kappa shape index (κ1) is 18.6. The zero-order valence-electron chi connectivity index (χ0n) is 15.6. The molecule has 1 aromatic carbocycles. The number of piperazine rings is 1. The molecule has 2 aromatic rings. The molecule has 2 saturated heterocycles.